The summed E-state index contributed by atoms with van der Waals surface area (Å²) in [6.07, 6.45) is -1.08. The number of anilines is 2. The molecule has 1 fully saturated rings. The molecule has 0 bridgehead atoms. The molecule has 1 aromatic carbocycles. The predicted molar refractivity (Wildman–Crippen MR) is 128 cm³/mol. The molecule has 188 valence electrons. The summed E-state index contributed by atoms with van der Waals surface area (Å²) >= 11 is 0. The number of nitrogens with one attached hydrogen (secondary N) is 1. The maximum Gasteiger partial charge on any atom is 0.226 e. The van der Waals surface area contributed by atoms with Crippen molar-refractivity contribution in [3.05, 3.63) is 41.7 Å². The molecule has 1 amide bonds. The van der Waals surface area contributed by atoms with Gasteiger partial charge in [0.25, 0.3) is 0 Å². The first kappa shape index (κ1) is 24.8. The molecule has 4 rings (SSSR count). The highest BCUT2D eigenvalue weighted by molar-refractivity contribution is 5.83. The van der Waals surface area contributed by atoms with Gasteiger partial charge < -0.3 is 36.0 Å². The number of nitrogen functional groups attached to an aromatic ring is 1. The zero-order valence-electron chi connectivity index (χ0n) is 19.7. The number of aryl methyl sites for hydroxylation is 1. The van der Waals surface area contributed by atoms with Crippen molar-refractivity contribution in [2.24, 2.45) is 0 Å². The second-order valence-corrected chi connectivity index (χ2v) is 8.77. The van der Waals surface area contributed by atoms with Crippen molar-refractivity contribution in [2.75, 3.05) is 38.3 Å². The van der Waals surface area contributed by atoms with Crippen molar-refractivity contribution in [3.63, 3.8) is 0 Å². The van der Waals surface area contributed by atoms with Gasteiger partial charge in [0, 0.05) is 27.1 Å². The molecule has 4 atom stereocenters. The second kappa shape index (κ2) is 10.5. The van der Waals surface area contributed by atoms with E-state index in [1.54, 1.807) is 19.0 Å². The number of fused-ring (bicyclic) bond motifs is 1. The molecule has 3 heterocycles. The predicted octanol–water partition coefficient (Wildman–Crippen LogP) is -0.305. The van der Waals surface area contributed by atoms with E-state index >= 15 is 0 Å². The minimum absolute atomic E-state index is 0.106. The number of aromatic nitrogens is 4. The third kappa shape index (κ3) is 5.35. The highest BCUT2D eigenvalue weighted by Crippen LogP contribution is 2.32. The fourth-order valence-corrected chi connectivity index (χ4v) is 3.98. The van der Waals surface area contributed by atoms with Gasteiger partial charge in [0.15, 0.2) is 17.7 Å². The Balaban J connectivity index is 1.39. The zero-order chi connectivity index (χ0) is 25.1. The zero-order valence-corrected chi connectivity index (χ0v) is 19.7. The molecule has 12 heteroatoms. The van der Waals surface area contributed by atoms with Crippen LogP contribution in [0.15, 0.2) is 30.6 Å². The van der Waals surface area contributed by atoms with Gasteiger partial charge in [-0.05, 0) is 24.0 Å². The monoisotopic (exact) mass is 485 g/mol. The minimum atomic E-state index is -1.26. The van der Waals surface area contributed by atoms with Crippen LogP contribution in [-0.4, -0.2) is 91.2 Å². The summed E-state index contributed by atoms with van der Waals surface area (Å²) in [6, 6.07) is 8.12. The molecule has 1 saturated heterocycles. The number of hydrogen-bond donors (Lipinski definition) is 5. The van der Waals surface area contributed by atoms with E-state index in [0.717, 1.165) is 11.1 Å². The van der Waals surface area contributed by atoms with Crippen molar-refractivity contribution < 1.29 is 24.9 Å². The first-order valence-electron chi connectivity index (χ1n) is 11.4. The Morgan fingerprint density at radius 2 is 1.83 bits per heavy atom. The number of rotatable bonds is 9. The number of imidazole rings is 1. The van der Waals surface area contributed by atoms with Gasteiger partial charge in [-0.2, -0.15) is 9.97 Å². The largest absolute Gasteiger partial charge is 0.394 e. The maximum absolute atomic E-state index is 11.8. The Bertz CT molecular complexity index is 1170. The van der Waals surface area contributed by atoms with Gasteiger partial charge in [0.1, 0.15) is 23.8 Å². The summed E-state index contributed by atoms with van der Waals surface area (Å²) in [5.41, 5.74) is 8.97. The average molecular weight is 486 g/mol. The molecule has 6 N–H and O–H groups in total. The fourth-order valence-electron chi connectivity index (χ4n) is 3.98. The Morgan fingerprint density at radius 3 is 2.46 bits per heavy atom. The Kier molecular flexibility index (Phi) is 7.45. The van der Waals surface area contributed by atoms with Gasteiger partial charge in [-0.1, -0.05) is 24.3 Å². The Hall–Kier alpha value is -3.32. The molecular weight excluding hydrogens is 454 g/mol. The third-order valence-corrected chi connectivity index (χ3v) is 6.09. The van der Waals surface area contributed by atoms with Gasteiger partial charge in [0.05, 0.1) is 12.9 Å². The van der Waals surface area contributed by atoms with Crippen molar-refractivity contribution in [2.45, 2.75) is 43.8 Å². The van der Waals surface area contributed by atoms with E-state index in [2.05, 4.69) is 20.3 Å². The number of carbonyl (C=O) groups excluding carboxylic acids is 1. The normalized spacial score (nSPS) is 22.0. The van der Waals surface area contributed by atoms with Crippen LogP contribution >= 0.6 is 0 Å². The molecular formula is C23H31N7O5. The molecule has 0 spiro atoms. The Labute approximate surface area is 202 Å². The number of nitrogens with two attached hydrogens (primary N) is 1. The van der Waals surface area contributed by atoms with Crippen molar-refractivity contribution in [1.82, 2.24) is 24.4 Å². The van der Waals surface area contributed by atoms with Crippen LogP contribution < -0.4 is 11.1 Å². The van der Waals surface area contributed by atoms with Crippen LogP contribution in [0.2, 0.25) is 0 Å². The lowest BCUT2D eigenvalue weighted by Crippen LogP contribution is -2.33. The molecule has 2 aromatic heterocycles. The number of aliphatic hydroxyl groups is 3. The van der Waals surface area contributed by atoms with E-state index < -0.39 is 31.1 Å². The number of benzene rings is 1. The average Bonchev–Trinajstić information content (AvgIpc) is 3.39. The van der Waals surface area contributed by atoms with Gasteiger partial charge in [0.2, 0.25) is 11.9 Å². The van der Waals surface area contributed by atoms with Crippen LogP contribution in [0.25, 0.3) is 11.2 Å². The molecule has 1 aliphatic heterocycles. The highest BCUT2D eigenvalue weighted by Gasteiger charge is 2.44. The Morgan fingerprint density at radius 1 is 1.14 bits per heavy atom. The first-order valence-corrected chi connectivity index (χ1v) is 11.4. The first-order chi connectivity index (χ1) is 16.8. The van der Waals surface area contributed by atoms with Crippen molar-refractivity contribution in [1.29, 1.82) is 0 Å². The van der Waals surface area contributed by atoms with Crippen LogP contribution in [0.3, 0.4) is 0 Å². The number of nitrogens with zero attached hydrogens (tertiary/aromatic N) is 5. The van der Waals surface area contributed by atoms with Gasteiger partial charge in [-0.15, -0.1) is 0 Å². The van der Waals surface area contributed by atoms with Crippen LogP contribution in [-0.2, 0) is 22.4 Å². The van der Waals surface area contributed by atoms with Crippen molar-refractivity contribution >= 4 is 28.8 Å². The number of amides is 1. The van der Waals surface area contributed by atoms with Gasteiger partial charge in [-0.25, -0.2) is 4.98 Å². The molecule has 0 saturated carbocycles. The SMILES string of the molecule is CN(C)C(=O)CCc1ccc(CCNc2nc(N)c3ncn([C@@H]4O[C@H](CO)C(O)C4O)c3n2)cc1. The molecule has 1 aliphatic rings. The van der Waals surface area contributed by atoms with Gasteiger partial charge in [-0.3, -0.25) is 9.36 Å². The van der Waals surface area contributed by atoms with Crippen LogP contribution in [0.1, 0.15) is 23.8 Å². The molecule has 12 nitrogen and oxygen atoms in total. The van der Waals surface area contributed by atoms with E-state index in [9.17, 15) is 20.1 Å². The fraction of sp³-hybridized carbons (Fsp3) is 0.478. The van der Waals surface area contributed by atoms with Crippen LogP contribution in [0.4, 0.5) is 11.8 Å². The van der Waals surface area contributed by atoms with Crippen LogP contribution in [0, 0.1) is 0 Å². The number of carbonyl (C=O) groups is 1. The lowest BCUT2D eigenvalue weighted by molar-refractivity contribution is -0.128. The number of aliphatic hydroxyl groups excluding tert-OH is 3. The topological polar surface area (TPSA) is 172 Å². The summed E-state index contributed by atoms with van der Waals surface area (Å²) in [7, 11) is 3.51. The van der Waals surface area contributed by atoms with E-state index in [1.165, 1.54) is 10.9 Å². The summed E-state index contributed by atoms with van der Waals surface area (Å²) in [5, 5.41) is 32.9. The van der Waals surface area contributed by atoms with Crippen molar-refractivity contribution in [3.8, 4) is 0 Å². The minimum Gasteiger partial charge on any atom is -0.394 e. The second-order valence-electron chi connectivity index (χ2n) is 8.77. The summed E-state index contributed by atoms with van der Waals surface area (Å²) < 4.78 is 7.06. The number of hydrogen-bond acceptors (Lipinski definition) is 10. The number of ether oxygens (including phenoxy) is 1. The lowest BCUT2D eigenvalue weighted by atomic mass is 10.1. The maximum atomic E-state index is 11.8. The lowest BCUT2D eigenvalue weighted by Gasteiger charge is -2.17. The quantitative estimate of drug-likeness (QED) is 0.271. The molecule has 3 aromatic rings. The third-order valence-electron chi connectivity index (χ3n) is 6.09. The molecule has 2 unspecified atom stereocenters. The van der Waals surface area contributed by atoms with E-state index in [1.807, 2.05) is 24.3 Å². The standard InChI is InChI=1S/C23H31N7O5/c1-29(2)16(32)8-7-13-3-5-14(6-4-13)9-10-25-23-27-20(24)17-21(28-23)30(12-26-17)22-19(34)18(33)15(11-31)35-22/h3-6,12,15,18-19,22,31,33-34H,7-11H2,1-2H3,(H3,24,25,27,28)/t15-,18?,19?,22-/m1/s1. The summed E-state index contributed by atoms with van der Waals surface area (Å²) in [4.78, 5) is 26.3. The molecule has 35 heavy (non-hydrogen) atoms. The molecule has 0 aliphatic carbocycles. The smallest absolute Gasteiger partial charge is 0.226 e. The summed E-state index contributed by atoms with van der Waals surface area (Å²) in [5.74, 6) is 0.566. The summed E-state index contributed by atoms with van der Waals surface area (Å²) in [6.45, 7) is 0.117. The van der Waals surface area contributed by atoms with E-state index in [4.69, 9.17) is 10.5 Å². The van der Waals surface area contributed by atoms with E-state index in [0.29, 0.717) is 42.9 Å². The highest BCUT2D eigenvalue weighted by atomic mass is 16.6. The molecule has 0 radical (unpaired) electrons. The van der Waals surface area contributed by atoms with E-state index in [-0.39, 0.29) is 11.7 Å². The van der Waals surface area contributed by atoms with Crippen LogP contribution in [0.5, 0.6) is 0 Å². The van der Waals surface area contributed by atoms with Gasteiger partial charge >= 0.3 is 0 Å².